The van der Waals surface area contributed by atoms with Gasteiger partial charge in [0.2, 0.25) is 5.91 Å². The Balaban J connectivity index is 1.56. The number of benzene rings is 3. The molecule has 3 aromatic rings. The lowest BCUT2D eigenvalue weighted by Crippen LogP contribution is -2.22. The van der Waals surface area contributed by atoms with E-state index >= 15 is 0 Å². The highest BCUT2D eigenvalue weighted by molar-refractivity contribution is 9.10. The number of methoxy groups -OCH3 is 1. The molecule has 0 spiro atoms. The van der Waals surface area contributed by atoms with Crippen LogP contribution in [0.3, 0.4) is 0 Å². The van der Waals surface area contributed by atoms with E-state index in [4.69, 9.17) is 4.74 Å². The van der Waals surface area contributed by atoms with Gasteiger partial charge in [-0.25, -0.2) is 4.39 Å². The Hall–Kier alpha value is -2.84. The second-order valence-corrected chi connectivity index (χ2v) is 8.91. The summed E-state index contributed by atoms with van der Waals surface area (Å²) < 4.78 is 19.6. The van der Waals surface area contributed by atoms with Crippen molar-refractivity contribution < 1.29 is 18.7 Å². The number of carbonyl (C=O) groups excluding carboxylic acids is 2. The molecule has 0 heterocycles. The molecule has 1 unspecified atom stereocenters. The SMILES string of the molecule is COc1ccc(C(=O)Nc2ccc(SC(C)C(=O)Nc3ccc(Br)cc3F)cc2)cc1. The quantitative estimate of drug-likeness (QED) is 0.390. The maximum atomic E-state index is 13.9. The Bertz CT molecular complexity index is 1080. The molecular weight excluding hydrogens is 483 g/mol. The Kier molecular flexibility index (Phi) is 7.70. The number of anilines is 2. The van der Waals surface area contributed by atoms with Crippen LogP contribution >= 0.6 is 27.7 Å². The molecule has 2 N–H and O–H groups in total. The standard InChI is InChI=1S/C23H20BrFN2O3S/c1-14(22(28)27-21-12-5-16(24)13-20(21)25)31-19-10-6-17(7-11-19)26-23(29)15-3-8-18(30-2)9-4-15/h3-14H,1-2H3,(H,26,29)(H,27,28). The van der Waals surface area contributed by atoms with Crippen molar-refractivity contribution in [1.82, 2.24) is 0 Å². The van der Waals surface area contributed by atoms with Gasteiger partial charge in [0.1, 0.15) is 11.6 Å². The average molecular weight is 503 g/mol. The number of rotatable bonds is 7. The lowest BCUT2D eigenvalue weighted by Gasteiger charge is -2.13. The molecule has 0 aliphatic rings. The number of carbonyl (C=O) groups is 2. The zero-order valence-electron chi connectivity index (χ0n) is 16.8. The molecule has 1 atom stereocenters. The van der Waals surface area contributed by atoms with Crippen LogP contribution in [0.1, 0.15) is 17.3 Å². The summed E-state index contributed by atoms with van der Waals surface area (Å²) in [5.41, 5.74) is 1.29. The largest absolute Gasteiger partial charge is 0.497 e. The highest BCUT2D eigenvalue weighted by atomic mass is 79.9. The summed E-state index contributed by atoms with van der Waals surface area (Å²) in [5, 5.41) is 4.99. The van der Waals surface area contributed by atoms with Gasteiger partial charge in [0.15, 0.2) is 0 Å². The monoisotopic (exact) mass is 502 g/mol. The number of amides is 2. The number of hydrogen-bond acceptors (Lipinski definition) is 4. The number of thioether (sulfide) groups is 1. The van der Waals surface area contributed by atoms with Gasteiger partial charge in [-0.1, -0.05) is 15.9 Å². The van der Waals surface area contributed by atoms with Crippen LogP contribution in [-0.2, 0) is 4.79 Å². The first kappa shape index (κ1) is 22.8. The minimum absolute atomic E-state index is 0.136. The van der Waals surface area contributed by atoms with Gasteiger partial charge in [0.25, 0.3) is 5.91 Å². The van der Waals surface area contributed by atoms with Crippen LogP contribution < -0.4 is 15.4 Å². The Morgan fingerprint density at radius 3 is 2.29 bits per heavy atom. The summed E-state index contributed by atoms with van der Waals surface area (Å²) in [6, 6.07) is 18.5. The van der Waals surface area contributed by atoms with Gasteiger partial charge in [-0.2, -0.15) is 0 Å². The molecule has 0 aliphatic carbocycles. The normalized spacial score (nSPS) is 11.5. The lowest BCUT2D eigenvalue weighted by molar-refractivity contribution is -0.115. The molecule has 0 radical (unpaired) electrons. The predicted octanol–water partition coefficient (Wildman–Crippen LogP) is 5.97. The number of nitrogens with one attached hydrogen (secondary N) is 2. The van der Waals surface area contributed by atoms with Crippen molar-refractivity contribution in [2.45, 2.75) is 17.1 Å². The molecule has 0 saturated carbocycles. The molecule has 0 bridgehead atoms. The van der Waals surface area contributed by atoms with Crippen molar-refractivity contribution >= 4 is 50.9 Å². The first-order chi connectivity index (χ1) is 14.9. The summed E-state index contributed by atoms with van der Waals surface area (Å²) in [5.74, 6) is -0.355. The summed E-state index contributed by atoms with van der Waals surface area (Å²) in [6.45, 7) is 1.75. The Labute approximate surface area is 192 Å². The van der Waals surface area contributed by atoms with Crippen molar-refractivity contribution in [2.24, 2.45) is 0 Å². The van der Waals surface area contributed by atoms with E-state index in [2.05, 4.69) is 26.6 Å². The lowest BCUT2D eigenvalue weighted by atomic mass is 10.2. The maximum Gasteiger partial charge on any atom is 0.255 e. The van der Waals surface area contributed by atoms with Crippen LogP contribution in [0.4, 0.5) is 15.8 Å². The maximum absolute atomic E-state index is 13.9. The zero-order chi connectivity index (χ0) is 22.4. The third kappa shape index (κ3) is 6.32. The van der Waals surface area contributed by atoms with E-state index in [-0.39, 0.29) is 17.5 Å². The summed E-state index contributed by atoms with van der Waals surface area (Å²) in [6.07, 6.45) is 0. The molecule has 3 rings (SSSR count). The van der Waals surface area contributed by atoms with Crippen LogP contribution in [0, 0.1) is 5.82 Å². The second kappa shape index (κ2) is 10.5. The first-order valence-electron chi connectivity index (χ1n) is 9.34. The van der Waals surface area contributed by atoms with Gasteiger partial charge in [-0.3, -0.25) is 9.59 Å². The van der Waals surface area contributed by atoms with Crippen molar-refractivity contribution in [3.8, 4) is 5.75 Å². The third-order valence-corrected chi connectivity index (χ3v) is 5.94. The zero-order valence-corrected chi connectivity index (χ0v) is 19.2. The average Bonchev–Trinajstić information content (AvgIpc) is 2.77. The molecule has 5 nitrogen and oxygen atoms in total. The number of ether oxygens (including phenoxy) is 1. The van der Waals surface area contributed by atoms with Crippen LogP contribution in [0.2, 0.25) is 0 Å². The predicted molar refractivity (Wildman–Crippen MR) is 125 cm³/mol. The van der Waals surface area contributed by atoms with Crippen molar-refractivity contribution in [3.63, 3.8) is 0 Å². The molecule has 0 saturated heterocycles. The van der Waals surface area contributed by atoms with E-state index in [1.807, 2.05) is 12.1 Å². The molecule has 2 amide bonds. The molecule has 3 aromatic carbocycles. The molecule has 8 heteroatoms. The smallest absolute Gasteiger partial charge is 0.255 e. The molecule has 0 fully saturated rings. The fourth-order valence-corrected chi connectivity index (χ4v) is 3.85. The van der Waals surface area contributed by atoms with E-state index in [0.717, 1.165) is 4.90 Å². The Morgan fingerprint density at radius 2 is 1.68 bits per heavy atom. The van der Waals surface area contributed by atoms with Gasteiger partial charge >= 0.3 is 0 Å². The Morgan fingerprint density at radius 1 is 1.00 bits per heavy atom. The summed E-state index contributed by atoms with van der Waals surface area (Å²) >= 11 is 4.52. The first-order valence-corrected chi connectivity index (χ1v) is 11.0. The number of hydrogen-bond donors (Lipinski definition) is 2. The van der Waals surface area contributed by atoms with E-state index in [0.29, 0.717) is 21.5 Å². The van der Waals surface area contributed by atoms with Crippen LogP contribution in [0.25, 0.3) is 0 Å². The van der Waals surface area contributed by atoms with E-state index in [1.54, 1.807) is 56.5 Å². The van der Waals surface area contributed by atoms with Crippen LogP contribution in [0.5, 0.6) is 5.75 Å². The van der Waals surface area contributed by atoms with Crippen molar-refractivity contribution in [2.75, 3.05) is 17.7 Å². The van der Waals surface area contributed by atoms with Crippen molar-refractivity contribution in [3.05, 3.63) is 82.6 Å². The fraction of sp³-hybridized carbons (Fsp3) is 0.130. The minimum atomic E-state index is -0.503. The van der Waals surface area contributed by atoms with E-state index in [9.17, 15) is 14.0 Å². The van der Waals surface area contributed by atoms with E-state index < -0.39 is 11.1 Å². The van der Waals surface area contributed by atoms with Gasteiger partial charge in [0, 0.05) is 20.6 Å². The second-order valence-electron chi connectivity index (χ2n) is 6.58. The minimum Gasteiger partial charge on any atom is -0.497 e. The third-order valence-electron chi connectivity index (χ3n) is 4.34. The highest BCUT2D eigenvalue weighted by Gasteiger charge is 2.16. The topological polar surface area (TPSA) is 67.4 Å². The molecule has 0 aromatic heterocycles. The number of halogens is 2. The summed E-state index contributed by atoms with van der Waals surface area (Å²) in [4.78, 5) is 25.6. The van der Waals surface area contributed by atoms with Crippen LogP contribution in [0.15, 0.2) is 76.1 Å². The molecular formula is C23H20BrFN2O3S. The highest BCUT2D eigenvalue weighted by Crippen LogP contribution is 2.27. The summed E-state index contributed by atoms with van der Waals surface area (Å²) in [7, 11) is 1.57. The molecule has 31 heavy (non-hydrogen) atoms. The van der Waals surface area contributed by atoms with Gasteiger partial charge in [-0.05, 0) is 73.7 Å². The van der Waals surface area contributed by atoms with Gasteiger partial charge in [0.05, 0.1) is 18.0 Å². The van der Waals surface area contributed by atoms with Gasteiger partial charge in [-0.15, -0.1) is 11.8 Å². The van der Waals surface area contributed by atoms with Crippen LogP contribution in [-0.4, -0.2) is 24.2 Å². The van der Waals surface area contributed by atoms with Crippen molar-refractivity contribution in [1.29, 1.82) is 0 Å². The molecule has 0 aliphatic heterocycles. The van der Waals surface area contributed by atoms with Gasteiger partial charge < -0.3 is 15.4 Å². The fourth-order valence-electron chi connectivity index (χ4n) is 2.65. The molecule has 160 valence electrons. The van der Waals surface area contributed by atoms with E-state index in [1.165, 1.54) is 23.9 Å².